The number of rotatable bonds is 11. The normalized spacial score (nSPS) is 10.9. The van der Waals surface area contributed by atoms with E-state index in [1.807, 2.05) is 19.1 Å². The van der Waals surface area contributed by atoms with Crippen LogP contribution in [-0.2, 0) is 16.0 Å². The summed E-state index contributed by atoms with van der Waals surface area (Å²) in [6.45, 7) is 2.31. The second-order valence-electron chi connectivity index (χ2n) is 7.49. The summed E-state index contributed by atoms with van der Waals surface area (Å²) in [5, 5.41) is 0. The van der Waals surface area contributed by atoms with Crippen molar-refractivity contribution in [3.8, 4) is 22.5 Å². The van der Waals surface area contributed by atoms with Crippen LogP contribution in [0.1, 0.15) is 51.3 Å². The van der Waals surface area contributed by atoms with Crippen molar-refractivity contribution >= 4 is 37.8 Å². The molecule has 0 aliphatic heterocycles. The van der Waals surface area contributed by atoms with E-state index in [0.717, 1.165) is 75.8 Å². The number of halogens is 2. The summed E-state index contributed by atoms with van der Waals surface area (Å²) < 4.78 is 7.09. The lowest BCUT2D eigenvalue weighted by Gasteiger charge is -2.04. The molecule has 4 nitrogen and oxygen atoms in total. The molecule has 0 bridgehead atoms. The Bertz CT molecular complexity index is 903. The molecular weight excluding hydrogens is 520 g/mol. The minimum Gasteiger partial charge on any atom is -0.466 e. The van der Waals surface area contributed by atoms with Crippen LogP contribution < -0.4 is 0 Å². The molecular formula is C25H28Br2N2O2. The number of aromatic amines is 1. The summed E-state index contributed by atoms with van der Waals surface area (Å²) in [4.78, 5) is 19.9. The van der Waals surface area contributed by atoms with E-state index in [4.69, 9.17) is 9.72 Å². The van der Waals surface area contributed by atoms with E-state index in [9.17, 15) is 4.79 Å². The van der Waals surface area contributed by atoms with E-state index in [1.54, 1.807) is 0 Å². The number of hydrogen-bond acceptors (Lipinski definition) is 3. The third kappa shape index (κ3) is 7.32. The molecule has 3 rings (SSSR count). The number of aromatic nitrogens is 2. The number of unbranched alkanes of at least 4 members (excludes halogenated alkanes) is 4. The number of nitrogens with zero attached hydrogens (tertiary/aromatic N) is 1. The number of benzene rings is 2. The van der Waals surface area contributed by atoms with Gasteiger partial charge in [0.2, 0.25) is 0 Å². The summed E-state index contributed by atoms with van der Waals surface area (Å²) >= 11 is 7.02. The lowest BCUT2D eigenvalue weighted by Crippen LogP contribution is -2.03. The van der Waals surface area contributed by atoms with Gasteiger partial charge in [0.1, 0.15) is 5.82 Å². The maximum absolute atomic E-state index is 11.4. The number of imidazole rings is 1. The van der Waals surface area contributed by atoms with Crippen molar-refractivity contribution in [2.24, 2.45) is 0 Å². The van der Waals surface area contributed by atoms with Gasteiger partial charge in [-0.25, -0.2) is 4.98 Å². The second kappa shape index (κ2) is 12.2. The van der Waals surface area contributed by atoms with Crippen molar-refractivity contribution < 1.29 is 9.53 Å². The fourth-order valence-electron chi connectivity index (χ4n) is 3.51. The Labute approximate surface area is 201 Å². The largest absolute Gasteiger partial charge is 0.466 e. The molecule has 0 unspecified atom stereocenters. The number of esters is 1. The Balaban J connectivity index is 1.61. The predicted molar refractivity (Wildman–Crippen MR) is 133 cm³/mol. The molecule has 0 atom stereocenters. The van der Waals surface area contributed by atoms with Gasteiger partial charge in [0.15, 0.2) is 0 Å². The van der Waals surface area contributed by atoms with E-state index >= 15 is 0 Å². The highest BCUT2D eigenvalue weighted by Gasteiger charge is 2.14. The fraction of sp³-hybridized carbons (Fsp3) is 0.360. The van der Waals surface area contributed by atoms with Crippen LogP contribution in [0.4, 0.5) is 0 Å². The molecule has 0 aliphatic rings. The molecule has 0 fully saturated rings. The van der Waals surface area contributed by atoms with Crippen LogP contribution in [0.3, 0.4) is 0 Å². The van der Waals surface area contributed by atoms with Crippen molar-refractivity contribution in [2.75, 3.05) is 6.61 Å². The van der Waals surface area contributed by atoms with E-state index in [-0.39, 0.29) is 5.97 Å². The molecule has 1 N–H and O–H groups in total. The van der Waals surface area contributed by atoms with Gasteiger partial charge in [-0.15, -0.1) is 0 Å². The quantitative estimate of drug-likeness (QED) is 0.197. The van der Waals surface area contributed by atoms with Gasteiger partial charge in [0.05, 0.1) is 18.0 Å². The van der Waals surface area contributed by atoms with E-state index < -0.39 is 0 Å². The molecule has 0 amide bonds. The van der Waals surface area contributed by atoms with Crippen LogP contribution in [-0.4, -0.2) is 22.5 Å². The van der Waals surface area contributed by atoms with Crippen molar-refractivity contribution in [3.63, 3.8) is 0 Å². The highest BCUT2D eigenvalue weighted by Crippen LogP contribution is 2.32. The van der Waals surface area contributed by atoms with E-state index in [1.165, 1.54) is 0 Å². The maximum Gasteiger partial charge on any atom is 0.305 e. The molecule has 1 aromatic heterocycles. The molecule has 3 aromatic rings. The Morgan fingerprint density at radius 2 is 1.45 bits per heavy atom. The number of H-pyrrole nitrogens is 1. The first-order valence-electron chi connectivity index (χ1n) is 10.8. The van der Waals surface area contributed by atoms with E-state index in [0.29, 0.717) is 13.0 Å². The van der Waals surface area contributed by atoms with Crippen molar-refractivity contribution in [2.45, 2.75) is 51.9 Å². The summed E-state index contributed by atoms with van der Waals surface area (Å²) in [6.07, 6.45) is 6.74. The van der Waals surface area contributed by atoms with Crippen LogP contribution in [0.5, 0.6) is 0 Å². The third-order valence-corrected chi connectivity index (χ3v) is 6.16. The van der Waals surface area contributed by atoms with Crippen LogP contribution in [0.15, 0.2) is 57.5 Å². The summed E-state index contributed by atoms with van der Waals surface area (Å²) in [5.74, 6) is 0.932. The summed E-state index contributed by atoms with van der Waals surface area (Å²) in [7, 11) is 0. The first-order valence-corrected chi connectivity index (χ1v) is 12.4. The van der Waals surface area contributed by atoms with Gasteiger partial charge in [-0.05, 0) is 44.0 Å². The molecule has 6 heteroatoms. The van der Waals surface area contributed by atoms with Crippen molar-refractivity contribution in [1.29, 1.82) is 0 Å². The molecule has 31 heavy (non-hydrogen) atoms. The van der Waals surface area contributed by atoms with Crippen LogP contribution in [0.25, 0.3) is 22.5 Å². The smallest absolute Gasteiger partial charge is 0.305 e. The molecule has 0 radical (unpaired) electrons. The maximum atomic E-state index is 11.4. The molecule has 2 aromatic carbocycles. The highest BCUT2D eigenvalue weighted by atomic mass is 79.9. The number of hydrogen-bond donors (Lipinski definition) is 1. The molecule has 0 spiro atoms. The number of ether oxygens (including phenoxy) is 1. The molecule has 0 saturated heterocycles. The van der Waals surface area contributed by atoms with Crippen molar-refractivity contribution in [3.05, 3.63) is 63.3 Å². The lowest BCUT2D eigenvalue weighted by atomic mass is 10.1. The average Bonchev–Trinajstić information content (AvgIpc) is 3.18. The highest BCUT2D eigenvalue weighted by molar-refractivity contribution is 9.10. The molecule has 0 saturated carbocycles. The number of carbonyl (C=O) groups excluding carboxylic acids is 1. The first-order chi connectivity index (χ1) is 15.1. The number of nitrogens with one attached hydrogen (secondary N) is 1. The molecule has 1 heterocycles. The Morgan fingerprint density at radius 1 is 0.871 bits per heavy atom. The monoisotopic (exact) mass is 546 g/mol. The van der Waals surface area contributed by atoms with Gasteiger partial charge < -0.3 is 9.72 Å². The lowest BCUT2D eigenvalue weighted by molar-refractivity contribution is -0.143. The van der Waals surface area contributed by atoms with Gasteiger partial charge in [-0.2, -0.15) is 0 Å². The van der Waals surface area contributed by atoms with Gasteiger partial charge >= 0.3 is 5.97 Å². The van der Waals surface area contributed by atoms with Gasteiger partial charge in [0.25, 0.3) is 0 Å². The SMILES string of the molecule is CCOC(=O)CCCCCCCc1nc(-c2ccc(Br)cc2)c(-c2ccc(Br)cc2)[nH]1. The van der Waals surface area contributed by atoms with Crippen molar-refractivity contribution in [1.82, 2.24) is 9.97 Å². The number of aryl methyl sites for hydroxylation is 1. The fourth-order valence-corrected chi connectivity index (χ4v) is 4.04. The standard InChI is InChI=1S/C25H28Br2N2O2/c1-2-31-23(30)9-7-5-3-4-6-8-22-28-24(18-10-14-20(26)15-11-18)25(29-22)19-12-16-21(27)17-13-19/h10-17H,2-9H2,1H3,(H,28,29). The van der Waals surface area contributed by atoms with Gasteiger partial charge in [-0.1, -0.05) is 75.4 Å². The predicted octanol–water partition coefficient (Wildman–Crippen LogP) is 7.71. The molecule has 0 aliphatic carbocycles. The third-order valence-electron chi connectivity index (χ3n) is 5.10. The zero-order valence-corrected chi connectivity index (χ0v) is 21.0. The van der Waals surface area contributed by atoms with Crippen LogP contribution in [0, 0.1) is 0 Å². The Hall–Kier alpha value is -1.92. The topological polar surface area (TPSA) is 55.0 Å². The molecule has 164 valence electrons. The minimum absolute atomic E-state index is 0.0842. The first kappa shape index (κ1) is 23.7. The van der Waals surface area contributed by atoms with Gasteiger partial charge in [-0.3, -0.25) is 4.79 Å². The Kier molecular flexibility index (Phi) is 9.34. The average molecular weight is 548 g/mol. The van der Waals surface area contributed by atoms with E-state index in [2.05, 4.69) is 73.2 Å². The zero-order chi connectivity index (χ0) is 22.1. The zero-order valence-electron chi connectivity index (χ0n) is 17.8. The minimum atomic E-state index is -0.0842. The van der Waals surface area contributed by atoms with Crippen LogP contribution >= 0.6 is 31.9 Å². The van der Waals surface area contributed by atoms with Gasteiger partial charge in [0, 0.05) is 32.9 Å². The number of carbonyl (C=O) groups is 1. The van der Waals surface area contributed by atoms with Crippen LogP contribution in [0.2, 0.25) is 0 Å². The Morgan fingerprint density at radius 3 is 2.10 bits per heavy atom. The summed E-state index contributed by atoms with van der Waals surface area (Å²) in [5.41, 5.74) is 4.26. The second-order valence-corrected chi connectivity index (χ2v) is 9.33. The summed E-state index contributed by atoms with van der Waals surface area (Å²) in [6, 6.07) is 16.6.